The van der Waals surface area contributed by atoms with Crippen LogP contribution in [0.25, 0.3) is 11.1 Å². The molecule has 0 aromatic heterocycles. The van der Waals surface area contributed by atoms with Gasteiger partial charge in [0, 0.05) is 11.4 Å². The maximum absolute atomic E-state index is 12.4. The van der Waals surface area contributed by atoms with Crippen molar-refractivity contribution in [3.8, 4) is 11.1 Å². The van der Waals surface area contributed by atoms with Gasteiger partial charge in [-0.15, -0.1) is 0 Å². The molecule has 160 valence electrons. The largest absolute Gasteiger partial charge is 0.478 e. The Balaban J connectivity index is 1.63. The second-order valence-corrected chi connectivity index (χ2v) is 7.98. The lowest BCUT2D eigenvalue weighted by molar-refractivity contribution is -0.116. The molecule has 0 aliphatic carbocycles. The topological polar surface area (TPSA) is 66.4 Å². The normalized spacial score (nSPS) is 10.6. The van der Waals surface area contributed by atoms with Gasteiger partial charge in [0.15, 0.2) is 0 Å². The molecule has 3 aromatic rings. The summed E-state index contributed by atoms with van der Waals surface area (Å²) in [6.45, 7) is 2.19. The molecular weight excluding hydrogens is 410 g/mol. The number of benzene rings is 3. The summed E-state index contributed by atoms with van der Waals surface area (Å²) in [5, 5.41) is 12.3. The van der Waals surface area contributed by atoms with E-state index in [1.807, 2.05) is 12.1 Å². The van der Waals surface area contributed by atoms with Crippen LogP contribution in [0.2, 0.25) is 5.02 Å². The third-order valence-electron chi connectivity index (χ3n) is 5.16. The fraction of sp³-hybridized carbons (Fsp3) is 0.231. The number of anilines is 1. The van der Waals surface area contributed by atoms with Gasteiger partial charge in [-0.3, -0.25) is 4.79 Å². The van der Waals surface area contributed by atoms with Crippen LogP contribution in [-0.4, -0.2) is 17.0 Å². The molecule has 0 unspecified atom stereocenters. The number of aromatic carboxylic acids is 1. The van der Waals surface area contributed by atoms with Gasteiger partial charge in [-0.1, -0.05) is 73.5 Å². The Morgan fingerprint density at radius 3 is 2.39 bits per heavy atom. The minimum atomic E-state index is -1.11. The molecule has 3 rings (SSSR count). The van der Waals surface area contributed by atoms with Gasteiger partial charge in [0.05, 0.1) is 11.3 Å². The van der Waals surface area contributed by atoms with E-state index >= 15 is 0 Å². The van der Waals surface area contributed by atoms with E-state index in [0.717, 1.165) is 23.1 Å². The van der Waals surface area contributed by atoms with Gasteiger partial charge in [-0.25, -0.2) is 4.79 Å². The van der Waals surface area contributed by atoms with Crippen molar-refractivity contribution in [3.05, 3.63) is 88.4 Å². The average molecular weight is 436 g/mol. The monoisotopic (exact) mass is 435 g/mol. The number of rotatable bonds is 9. The number of carbonyl (C=O) groups excluding carboxylic acids is 1. The molecule has 0 atom stereocenters. The minimum absolute atomic E-state index is 0.0159. The van der Waals surface area contributed by atoms with Gasteiger partial charge in [-0.05, 0) is 59.7 Å². The predicted molar refractivity (Wildman–Crippen MR) is 126 cm³/mol. The number of hydrogen-bond donors (Lipinski definition) is 2. The summed E-state index contributed by atoms with van der Waals surface area (Å²) in [7, 11) is 0. The molecule has 4 nitrogen and oxygen atoms in total. The molecule has 0 radical (unpaired) electrons. The van der Waals surface area contributed by atoms with E-state index in [1.165, 1.54) is 36.6 Å². The summed E-state index contributed by atoms with van der Waals surface area (Å²) in [6, 6.07) is 21.1. The van der Waals surface area contributed by atoms with Crippen molar-refractivity contribution in [3.63, 3.8) is 0 Å². The van der Waals surface area contributed by atoms with E-state index < -0.39 is 5.97 Å². The SMILES string of the molecule is CCCCc1ccc(-c2cccc(CCC(=O)Nc3cc(Cl)ccc3C(=O)O)c2)cc1. The molecule has 0 bridgehead atoms. The van der Waals surface area contributed by atoms with E-state index in [2.05, 4.69) is 48.6 Å². The number of carbonyl (C=O) groups is 2. The zero-order valence-corrected chi connectivity index (χ0v) is 18.3. The zero-order valence-electron chi connectivity index (χ0n) is 17.5. The Bertz CT molecular complexity index is 1060. The molecular formula is C26H26ClNO3. The summed E-state index contributed by atoms with van der Waals surface area (Å²) in [6.07, 6.45) is 4.27. The highest BCUT2D eigenvalue weighted by atomic mass is 35.5. The highest BCUT2D eigenvalue weighted by molar-refractivity contribution is 6.31. The molecule has 0 heterocycles. The maximum atomic E-state index is 12.4. The number of carboxylic acid groups (broad SMARTS) is 1. The number of nitrogens with one attached hydrogen (secondary N) is 1. The fourth-order valence-corrected chi connectivity index (χ4v) is 3.60. The van der Waals surface area contributed by atoms with Gasteiger partial charge in [0.1, 0.15) is 0 Å². The van der Waals surface area contributed by atoms with Crippen LogP contribution in [0.15, 0.2) is 66.7 Å². The van der Waals surface area contributed by atoms with Crippen molar-refractivity contribution in [2.45, 2.75) is 39.0 Å². The highest BCUT2D eigenvalue weighted by Crippen LogP contribution is 2.24. The van der Waals surface area contributed by atoms with Crippen molar-refractivity contribution in [2.75, 3.05) is 5.32 Å². The number of carboxylic acids is 1. The first-order valence-electron chi connectivity index (χ1n) is 10.5. The second kappa shape index (κ2) is 10.8. The van der Waals surface area contributed by atoms with E-state index in [0.29, 0.717) is 11.4 Å². The molecule has 31 heavy (non-hydrogen) atoms. The fourth-order valence-electron chi connectivity index (χ4n) is 3.43. The summed E-state index contributed by atoms with van der Waals surface area (Å²) in [5.74, 6) is -1.36. The Labute approximate surface area is 187 Å². The predicted octanol–water partition coefficient (Wildman–Crippen LogP) is 6.62. The first-order chi connectivity index (χ1) is 15.0. The van der Waals surface area contributed by atoms with Crippen molar-refractivity contribution < 1.29 is 14.7 Å². The lowest BCUT2D eigenvalue weighted by Crippen LogP contribution is -2.15. The van der Waals surface area contributed by atoms with Crippen molar-refractivity contribution in [1.82, 2.24) is 0 Å². The van der Waals surface area contributed by atoms with E-state index in [-0.39, 0.29) is 23.6 Å². The third-order valence-corrected chi connectivity index (χ3v) is 5.40. The van der Waals surface area contributed by atoms with E-state index in [1.54, 1.807) is 0 Å². The Kier molecular flexibility index (Phi) is 7.85. The van der Waals surface area contributed by atoms with Crippen LogP contribution in [0, 0.1) is 0 Å². The van der Waals surface area contributed by atoms with Crippen LogP contribution in [-0.2, 0) is 17.6 Å². The Morgan fingerprint density at radius 1 is 0.903 bits per heavy atom. The molecule has 0 spiro atoms. The van der Waals surface area contributed by atoms with Crippen LogP contribution >= 0.6 is 11.6 Å². The number of aryl methyl sites for hydroxylation is 2. The maximum Gasteiger partial charge on any atom is 0.337 e. The van der Waals surface area contributed by atoms with E-state index in [4.69, 9.17) is 11.6 Å². The van der Waals surface area contributed by atoms with Gasteiger partial charge in [-0.2, -0.15) is 0 Å². The Hall–Kier alpha value is -3.11. The van der Waals surface area contributed by atoms with Crippen molar-refractivity contribution >= 4 is 29.2 Å². The lowest BCUT2D eigenvalue weighted by atomic mass is 9.99. The first-order valence-corrected chi connectivity index (χ1v) is 10.8. The summed E-state index contributed by atoms with van der Waals surface area (Å²) in [5.41, 5.74) is 4.89. The highest BCUT2D eigenvalue weighted by Gasteiger charge is 2.13. The second-order valence-electron chi connectivity index (χ2n) is 7.54. The van der Waals surface area contributed by atoms with Crippen molar-refractivity contribution in [1.29, 1.82) is 0 Å². The van der Waals surface area contributed by atoms with Crippen LogP contribution in [0.4, 0.5) is 5.69 Å². The van der Waals surface area contributed by atoms with Gasteiger partial charge >= 0.3 is 5.97 Å². The first kappa shape index (κ1) is 22.6. The van der Waals surface area contributed by atoms with Gasteiger partial charge < -0.3 is 10.4 Å². The number of unbranched alkanes of at least 4 members (excludes halogenated alkanes) is 1. The van der Waals surface area contributed by atoms with Crippen LogP contribution < -0.4 is 5.32 Å². The Morgan fingerprint density at radius 2 is 1.68 bits per heavy atom. The third kappa shape index (κ3) is 6.43. The molecule has 3 aromatic carbocycles. The van der Waals surface area contributed by atoms with Crippen LogP contribution in [0.5, 0.6) is 0 Å². The molecule has 0 saturated carbocycles. The molecule has 5 heteroatoms. The summed E-state index contributed by atoms with van der Waals surface area (Å²) < 4.78 is 0. The lowest BCUT2D eigenvalue weighted by Gasteiger charge is -2.10. The standard InChI is InChI=1S/C26H26ClNO3/c1-2-3-5-18-8-11-20(12-9-18)21-7-4-6-19(16-21)10-15-25(29)28-24-17-22(27)13-14-23(24)26(30)31/h4,6-9,11-14,16-17H,2-3,5,10,15H2,1H3,(H,28,29)(H,30,31). The molecule has 0 aliphatic heterocycles. The minimum Gasteiger partial charge on any atom is -0.478 e. The molecule has 2 N–H and O–H groups in total. The average Bonchev–Trinajstić information content (AvgIpc) is 2.77. The van der Waals surface area contributed by atoms with Gasteiger partial charge in [0.2, 0.25) is 5.91 Å². The molecule has 0 fully saturated rings. The van der Waals surface area contributed by atoms with Crippen LogP contribution in [0.3, 0.4) is 0 Å². The quantitative estimate of drug-likeness (QED) is 0.397. The number of amides is 1. The summed E-state index contributed by atoms with van der Waals surface area (Å²) >= 11 is 5.94. The number of hydrogen-bond acceptors (Lipinski definition) is 2. The molecule has 1 amide bonds. The molecule has 0 aliphatic rings. The smallest absolute Gasteiger partial charge is 0.337 e. The number of halogens is 1. The van der Waals surface area contributed by atoms with Crippen molar-refractivity contribution in [2.24, 2.45) is 0 Å². The summed E-state index contributed by atoms with van der Waals surface area (Å²) in [4.78, 5) is 23.7. The molecule has 0 saturated heterocycles. The zero-order chi connectivity index (χ0) is 22.2. The van der Waals surface area contributed by atoms with E-state index in [9.17, 15) is 14.7 Å². The van der Waals surface area contributed by atoms with Gasteiger partial charge in [0.25, 0.3) is 0 Å². The van der Waals surface area contributed by atoms with Crippen LogP contribution in [0.1, 0.15) is 47.7 Å².